The summed E-state index contributed by atoms with van der Waals surface area (Å²) in [5, 5.41) is 0.157. The van der Waals surface area contributed by atoms with Crippen molar-refractivity contribution in [1.29, 1.82) is 0 Å². The number of ketones is 1. The van der Waals surface area contributed by atoms with Gasteiger partial charge >= 0.3 is 0 Å². The number of ether oxygens (including phenoxy) is 1. The SMILES string of the molecule is COc1ccc(C(=O)C2CCCN2S(=O)(=O)c2ccccc2Cl)cc1. The lowest BCUT2D eigenvalue weighted by Gasteiger charge is -2.23. The second-order valence-electron chi connectivity index (χ2n) is 5.80. The van der Waals surface area contributed by atoms with Crippen molar-refractivity contribution in [1.82, 2.24) is 4.31 Å². The zero-order valence-corrected chi connectivity index (χ0v) is 15.3. The van der Waals surface area contributed by atoms with Gasteiger partial charge in [0, 0.05) is 12.1 Å². The van der Waals surface area contributed by atoms with Crippen molar-refractivity contribution in [2.24, 2.45) is 0 Å². The van der Waals surface area contributed by atoms with Gasteiger partial charge in [-0.25, -0.2) is 8.42 Å². The van der Waals surface area contributed by atoms with Gasteiger partial charge in [0.1, 0.15) is 10.6 Å². The molecule has 132 valence electrons. The molecular formula is C18H18ClNO4S. The number of carbonyl (C=O) groups is 1. The largest absolute Gasteiger partial charge is 0.497 e. The van der Waals surface area contributed by atoms with Crippen LogP contribution in [-0.2, 0) is 10.0 Å². The second-order valence-corrected chi connectivity index (χ2v) is 8.06. The molecule has 0 N–H and O–H groups in total. The summed E-state index contributed by atoms with van der Waals surface area (Å²) in [5.74, 6) is 0.430. The van der Waals surface area contributed by atoms with Crippen molar-refractivity contribution in [2.45, 2.75) is 23.8 Å². The molecule has 1 fully saturated rings. The van der Waals surface area contributed by atoms with E-state index in [1.807, 2.05) is 0 Å². The Hall–Kier alpha value is -1.89. The third kappa shape index (κ3) is 3.42. The van der Waals surface area contributed by atoms with E-state index in [2.05, 4.69) is 0 Å². The van der Waals surface area contributed by atoms with E-state index in [1.165, 1.54) is 16.4 Å². The van der Waals surface area contributed by atoms with Crippen molar-refractivity contribution in [3.63, 3.8) is 0 Å². The number of hydrogen-bond acceptors (Lipinski definition) is 4. The van der Waals surface area contributed by atoms with Crippen LogP contribution in [0.3, 0.4) is 0 Å². The van der Waals surface area contributed by atoms with Gasteiger partial charge in [-0.05, 0) is 49.2 Å². The molecule has 1 heterocycles. The first kappa shape index (κ1) is 17.9. The third-order valence-electron chi connectivity index (χ3n) is 4.30. The van der Waals surface area contributed by atoms with Crippen LogP contribution in [-0.4, -0.2) is 38.2 Å². The predicted octanol–water partition coefficient (Wildman–Crippen LogP) is 3.38. The number of halogens is 1. The lowest BCUT2D eigenvalue weighted by molar-refractivity contribution is 0.0918. The quantitative estimate of drug-likeness (QED) is 0.747. The molecule has 1 atom stereocenters. The molecule has 0 spiro atoms. The fraction of sp³-hybridized carbons (Fsp3) is 0.278. The summed E-state index contributed by atoms with van der Waals surface area (Å²) in [4.78, 5) is 12.9. The molecule has 0 aliphatic carbocycles. The molecule has 0 saturated carbocycles. The van der Waals surface area contributed by atoms with Crippen LogP contribution in [0.1, 0.15) is 23.2 Å². The monoisotopic (exact) mass is 379 g/mol. The van der Waals surface area contributed by atoms with E-state index in [1.54, 1.807) is 43.5 Å². The van der Waals surface area contributed by atoms with E-state index < -0.39 is 16.1 Å². The maximum atomic E-state index is 13.0. The van der Waals surface area contributed by atoms with Crippen molar-refractivity contribution < 1.29 is 17.9 Å². The maximum absolute atomic E-state index is 13.0. The first-order valence-electron chi connectivity index (χ1n) is 7.90. The Morgan fingerprint density at radius 1 is 1.16 bits per heavy atom. The molecule has 0 amide bonds. The molecule has 25 heavy (non-hydrogen) atoms. The van der Waals surface area contributed by atoms with Crippen molar-refractivity contribution in [2.75, 3.05) is 13.7 Å². The summed E-state index contributed by atoms with van der Waals surface area (Å²) in [6.07, 6.45) is 1.13. The lowest BCUT2D eigenvalue weighted by atomic mass is 10.0. The van der Waals surface area contributed by atoms with Crippen LogP contribution in [0, 0.1) is 0 Å². The number of hydrogen-bond donors (Lipinski definition) is 0. The average Bonchev–Trinajstić information content (AvgIpc) is 3.12. The van der Waals surface area contributed by atoms with Crippen LogP contribution in [0.5, 0.6) is 5.75 Å². The van der Waals surface area contributed by atoms with Crippen molar-refractivity contribution in [3.05, 3.63) is 59.1 Å². The molecule has 3 rings (SSSR count). The Morgan fingerprint density at radius 2 is 1.84 bits per heavy atom. The molecule has 2 aromatic rings. The Morgan fingerprint density at radius 3 is 2.48 bits per heavy atom. The summed E-state index contributed by atoms with van der Waals surface area (Å²) >= 11 is 6.06. The van der Waals surface area contributed by atoms with Gasteiger partial charge in [0.25, 0.3) is 0 Å². The van der Waals surface area contributed by atoms with E-state index >= 15 is 0 Å². The molecule has 5 nitrogen and oxygen atoms in total. The summed E-state index contributed by atoms with van der Waals surface area (Å²) < 4.78 is 32.3. The van der Waals surface area contributed by atoms with E-state index in [0.717, 1.165) is 0 Å². The fourth-order valence-corrected chi connectivity index (χ4v) is 5.17. The van der Waals surface area contributed by atoms with Gasteiger partial charge < -0.3 is 4.74 Å². The van der Waals surface area contributed by atoms with Crippen LogP contribution in [0.4, 0.5) is 0 Å². The number of Topliss-reactive ketones (excluding diaryl/α,β-unsaturated/α-hetero) is 1. The molecule has 2 aromatic carbocycles. The number of nitrogens with zero attached hydrogens (tertiary/aromatic N) is 1. The van der Waals surface area contributed by atoms with Gasteiger partial charge in [-0.3, -0.25) is 4.79 Å². The Kier molecular flexibility index (Phi) is 5.13. The minimum atomic E-state index is -3.83. The van der Waals surface area contributed by atoms with Crippen LogP contribution in [0.25, 0.3) is 0 Å². The predicted molar refractivity (Wildman–Crippen MR) is 95.7 cm³/mol. The van der Waals surface area contributed by atoms with Crippen LogP contribution in [0.15, 0.2) is 53.4 Å². The van der Waals surface area contributed by atoms with Crippen LogP contribution in [0.2, 0.25) is 5.02 Å². The molecule has 7 heteroatoms. The molecular weight excluding hydrogens is 362 g/mol. The van der Waals surface area contributed by atoms with Crippen molar-refractivity contribution in [3.8, 4) is 5.75 Å². The minimum absolute atomic E-state index is 0.0334. The lowest BCUT2D eigenvalue weighted by Crippen LogP contribution is -2.40. The summed E-state index contributed by atoms with van der Waals surface area (Å²) in [6.45, 7) is 0.306. The van der Waals surface area contributed by atoms with Crippen molar-refractivity contribution >= 4 is 27.4 Å². The second kappa shape index (κ2) is 7.15. The van der Waals surface area contributed by atoms with E-state index in [-0.39, 0.29) is 15.7 Å². The Labute approximate surface area is 152 Å². The fourth-order valence-electron chi connectivity index (χ4n) is 3.02. The van der Waals surface area contributed by atoms with Gasteiger partial charge in [-0.15, -0.1) is 0 Å². The van der Waals surface area contributed by atoms with E-state index in [0.29, 0.717) is 30.7 Å². The highest BCUT2D eigenvalue weighted by molar-refractivity contribution is 7.89. The van der Waals surface area contributed by atoms with Gasteiger partial charge in [0.05, 0.1) is 18.2 Å². The summed E-state index contributed by atoms with van der Waals surface area (Å²) in [6, 6.07) is 12.3. The smallest absolute Gasteiger partial charge is 0.245 e. The molecule has 1 aliphatic heterocycles. The molecule has 1 saturated heterocycles. The third-order valence-corrected chi connectivity index (χ3v) is 6.71. The molecule has 1 unspecified atom stereocenters. The number of rotatable bonds is 5. The van der Waals surface area contributed by atoms with Gasteiger partial charge in [-0.2, -0.15) is 4.31 Å². The molecule has 1 aliphatic rings. The molecule has 0 radical (unpaired) electrons. The first-order chi connectivity index (χ1) is 11.9. The number of sulfonamides is 1. The van der Waals surface area contributed by atoms with Gasteiger partial charge in [0.2, 0.25) is 10.0 Å². The van der Waals surface area contributed by atoms with Gasteiger partial charge in [0.15, 0.2) is 5.78 Å². The average molecular weight is 380 g/mol. The summed E-state index contributed by atoms with van der Waals surface area (Å²) in [7, 11) is -2.28. The minimum Gasteiger partial charge on any atom is -0.497 e. The number of methoxy groups -OCH3 is 1. The van der Waals surface area contributed by atoms with Crippen LogP contribution >= 0.6 is 11.6 Å². The normalized spacial score (nSPS) is 18.2. The van der Waals surface area contributed by atoms with Crippen LogP contribution < -0.4 is 4.74 Å². The highest BCUT2D eigenvalue weighted by atomic mass is 35.5. The Balaban J connectivity index is 1.92. The topological polar surface area (TPSA) is 63.7 Å². The Bertz CT molecular complexity index is 880. The standard InChI is InChI=1S/C18H18ClNO4S/c1-24-14-10-8-13(9-11-14)18(21)16-6-4-12-20(16)25(22,23)17-7-3-2-5-15(17)19/h2-3,5,7-11,16H,4,6,12H2,1H3. The zero-order valence-electron chi connectivity index (χ0n) is 13.7. The molecule has 0 aromatic heterocycles. The van der Waals surface area contributed by atoms with E-state index in [4.69, 9.17) is 16.3 Å². The highest BCUT2D eigenvalue weighted by Crippen LogP contribution is 2.31. The van der Waals surface area contributed by atoms with Gasteiger partial charge in [-0.1, -0.05) is 23.7 Å². The highest BCUT2D eigenvalue weighted by Gasteiger charge is 2.40. The van der Waals surface area contributed by atoms with E-state index in [9.17, 15) is 13.2 Å². The zero-order chi connectivity index (χ0) is 18.0. The number of benzene rings is 2. The molecule has 0 bridgehead atoms. The first-order valence-corrected chi connectivity index (χ1v) is 9.71. The number of carbonyl (C=O) groups excluding carboxylic acids is 1. The summed E-state index contributed by atoms with van der Waals surface area (Å²) in [5.41, 5.74) is 0.465. The maximum Gasteiger partial charge on any atom is 0.245 e.